The molecule has 1 fully saturated rings. The first-order chi connectivity index (χ1) is 14.1. The highest BCUT2D eigenvalue weighted by molar-refractivity contribution is 5.56. The summed E-state index contributed by atoms with van der Waals surface area (Å²) in [5.41, 5.74) is 2.73. The molecule has 7 heteroatoms. The fourth-order valence-electron chi connectivity index (χ4n) is 3.53. The summed E-state index contributed by atoms with van der Waals surface area (Å²) >= 11 is 0. The molecule has 0 unspecified atom stereocenters. The maximum atomic E-state index is 13.7. The van der Waals surface area contributed by atoms with Crippen LogP contribution >= 0.6 is 0 Å². The van der Waals surface area contributed by atoms with Crippen molar-refractivity contribution in [2.45, 2.75) is 20.0 Å². The molecule has 0 spiro atoms. The van der Waals surface area contributed by atoms with Gasteiger partial charge in [-0.2, -0.15) is 0 Å². The van der Waals surface area contributed by atoms with Gasteiger partial charge in [-0.15, -0.1) is 0 Å². The normalized spacial score (nSPS) is 15.6. The van der Waals surface area contributed by atoms with E-state index in [-0.39, 0.29) is 5.75 Å². The van der Waals surface area contributed by atoms with E-state index in [1.54, 1.807) is 12.1 Å². The first kappa shape index (κ1) is 19.5. The second-order valence-electron chi connectivity index (χ2n) is 7.24. The van der Waals surface area contributed by atoms with Gasteiger partial charge in [-0.1, -0.05) is 6.07 Å². The number of rotatable bonds is 6. The van der Waals surface area contributed by atoms with Gasteiger partial charge in [0.25, 0.3) is 0 Å². The van der Waals surface area contributed by atoms with E-state index >= 15 is 0 Å². The fourth-order valence-corrected chi connectivity index (χ4v) is 3.53. The van der Waals surface area contributed by atoms with Gasteiger partial charge >= 0.3 is 0 Å². The smallest absolute Gasteiger partial charge is 0.226 e. The minimum absolute atomic E-state index is 0.184. The molecule has 0 radical (unpaired) electrons. The highest BCUT2D eigenvalue weighted by atomic mass is 19.1. The molecule has 1 saturated heterocycles. The van der Waals surface area contributed by atoms with E-state index in [4.69, 9.17) is 9.15 Å². The van der Waals surface area contributed by atoms with Gasteiger partial charge < -0.3 is 9.15 Å². The number of hydrogen-bond acceptors (Lipinski definition) is 6. The van der Waals surface area contributed by atoms with Crippen LogP contribution in [-0.2, 0) is 13.1 Å². The van der Waals surface area contributed by atoms with Crippen LogP contribution in [0.5, 0.6) is 5.75 Å². The minimum atomic E-state index is -0.400. The van der Waals surface area contributed by atoms with Gasteiger partial charge in [0.1, 0.15) is 5.76 Å². The molecular weight excluding hydrogens is 371 g/mol. The third-order valence-electron chi connectivity index (χ3n) is 5.24. The summed E-state index contributed by atoms with van der Waals surface area (Å²) < 4.78 is 24.6. The largest absolute Gasteiger partial charge is 0.494 e. The van der Waals surface area contributed by atoms with Crippen LogP contribution in [0.3, 0.4) is 0 Å². The number of halogens is 1. The lowest BCUT2D eigenvalue weighted by Crippen LogP contribution is -2.45. The quantitative estimate of drug-likeness (QED) is 0.636. The van der Waals surface area contributed by atoms with Gasteiger partial charge in [0.05, 0.1) is 18.5 Å². The van der Waals surface area contributed by atoms with Crippen LogP contribution in [-0.4, -0.2) is 53.1 Å². The second-order valence-corrected chi connectivity index (χ2v) is 7.24. The molecule has 0 bridgehead atoms. The van der Waals surface area contributed by atoms with E-state index in [0.29, 0.717) is 11.5 Å². The summed E-state index contributed by atoms with van der Waals surface area (Å²) in [6.07, 6.45) is 1.84. The van der Waals surface area contributed by atoms with Crippen LogP contribution in [0.15, 0.2) is 47.0 Å². The van der Waals surface area contributed by atoms with Crippen LogP contribution in [0.4, 0.5) is 4.39 Å². The Bertz CT molecular complexity index is 953. The zero-order chi connectivity index (χ0) is 20.2. The molecule has 6 nitrogen and oxygen atoms in total. The molecule has 0 amide bonds. The molecule has 0 N–H and O–H groups in total. The molecule has 1 aliphatic heterocycles. The summed E-state index contributed by atoms with van der Waals surface area (Å²) in [6.45, 7) is 7.48. The number of nitrogens with zero attached hydrogens (tertiary/aromatic N) is 4. The molecule has 3 heterocycles. The van der Waals surface area contributed by atoms with Crippen LogP contribution in [0.25, 0.3) is 11.5 Å². The Kier molecular flexibility index (Phi) is 5.87. The monoisotopic (exact) mass is 396 g/mol. The molecule has 1 aromatic carbocycles. The Morgan fingerprint density at radius 3 is 2.52 bits per heavy atom. The Morgan fingerprint density at radius 2 is 1.83 bits per heavy atom. The SMILES string of the molecule is COc1cc(-c2nc(CN3CCN(Cc4ccccn4)CC3)c(C)o2)ccc1F. The predicted molar refractivity (Wildman–Crippen MR) is 108 cm³/mol. The summed E-state index contributed by atoms with van der Waals surface area (Å²) in [7, 11) is 1.45. The predicted octanol–water partition coefficient (Wildman–Crippen LogP) is 3.51. The third kappa shape index (κ3) is 4.63. The number of aryl methyl sites for hydroxylation is 1. The number of benzene rings is 1. The number of methoxy groups -OCH3 is 1. The van der Waals surface area contributed by atoms with Gasteiger partial charge in [0.15, 0.2) is 11.6 Å². The van der Waals surface area contributed by atoms with Gasteiger partial charge in [-0.25, -0.2) is 9.37 Å². The van der Waals surface area contributed by atoms with E-state index in [2.05, 4.69) is 25.8 Å². The average Bonchev–Trinajstić information content (AvgIpc) is 3.11. The minimum Gasteiger partial charge on any atom is -0.494 e. The number of pyridine rings is 1. The van der Waals surface area contributed by atoms with Gasteiger partial charge in [0, 0.05) is 51.0 Å². The molecule has 0 aliphatic carbocycles. The summed E-state index contributed by atoms with van der Waals surface area (Å²) in [5, 5.41) is 0. The first-order valence-electron chi connectivity index (χ1n) is 9.77. The number of ether oxygens (including phenoxy) is 1. The zero-order valence-electron chi connectivity index (χ0n) is 16.8. The lowest BCUT2D eigenvalue weighted by Gasteiger charge is -2.34. The Labute approximate surface area is 169 Å². The Balaban J connectivity index is 1.37. The van der Waals surface area contributed by atoms with E-state index in [1.165, 1.54) is 13.2 Å². The number of aromatic nitrogens is 2. The van der Waals surface area contributed by atoms with Crippen molar-refractivity contribution in [3.8, 4) is 17.2 Å². The molecule has 1 aliphatic rings. The van der Waals surface area contributed by atoms with Crippen LogP contribution in [0, 0.1) is 12.7 Å². The third-order valence-corrected chi connectivity index (χ3v) is 5.24. The highest BCUT2D eigenvalue weighted by Crippen LogP contribution is 2.27. The summed E-state index contributed by atoms with van der Waals surface area (Å²) in [5.74, 6) is 1.07. The van der Waals surface area contributed by atoms with Crippen LogP contribution < -0.4 is 4.74 Å². The number of hydrogen-bond donors (Lipinski definition) is 0. The Morgan fingerprint density at radius 1 is 1.07 bits per heavy atom. The average molecular weight is 396 g/mol. The lowest BCUT2D eigenvalue weighted by atomic mass is 10.2. The van der Waals surface area contributed by atoms with Crippen molar-refractivity contribution in [2.75, 3.05) is 33.3 Å². The van der Waals surface area contributed by atoms with Gasteiger partial charge in [-0.05, 0) is 37.3 Å². The number of oxazole rings is 1. The van der Waals surface area contributed by atoms with E-state index in [9.17, 15) is 4.39 Å². The van der Waals surface area contributed by atoms with E-state index in [0.717, 1.165) is 56.4 Å². The molecule has 152 valence electrons. The van der Waals surface area contributed by atoms with Crippen molar-refractivity contribution in [3.05, 3.63) is 65.6 Å². The zero-order valence-corrected chi connectivity index (χ0v) is 16.8. The molecule has 4 rings (SSSR count). The van der Waals surface area contributed by atoms with Gasteiger partial charge in [0.2, 0.25) is 5.89 Å². The maximum Gasteiger partial charge on any atom is 0.226 e. The van der Waals surface area contributed by atoms with Crippen molar-refractivity contribution in [3.63, 3.8) is 0 Å². The van der Waals surface area contributed by atoms with E-state index in [1.807, 2.05) is 25.3 Å². The van der Waals surface area contributed by atoms with Crippen molar-refractivity contribution in [1.82, 2.24) is 19.8 Å². The van der Waals surface area contributed by atoms with Gasteiger partial charge in [-0.3, -0.25) is 14.8 Å². The van der Waals surface area contributed by atoms with Crippen LogP contribution in [0.1, 0.15) is 17.1 Å². The fraction of sp³-hybridized carbons (Fsp3) is 0.364. The molecule has 29 heavy (non-hydrogen) atoms. The van der Waals surface area contributed by atoms with E-state index < -0.39 is 5.82 Å². The molecule has 0 saturated carbocycles. The topological polar surface area (TPSA) is 54.6 Å². The Hall–Kier alpha value is -2.77. The molecular formula is C22H25FN4O2. The lowest BCUT2D eigenvalue weighted by molar-refractivity contribution is 0.120. The standard InChI is InChI=1S/C22H25FN4O2/c1-16-20(25-22(29-16)17-6-7-19(23)21(13-17)28-2)15-27-11-9-26(10-12-27)14-18-5-3-4-8-24-18/h3-8,13H,9-12,14-15H2,1-2H3. The van der Waals surface area contributed by atoms with Crippen molar-refractivity contribution in [1.29, 1.82) is 0 Å². The van der Waals surface area contributed by atoms with Crippen molar-refractivity contribution >= 4 is 0 Å². The highest BCUT2D eigenvalue weighted by Gasteiger charge is 2.20. The molecule has 2 aromatic heterocycles. The first-order valence-corrected chi connectivity index (χ1v) is 9.77. The van der Waals surface area contributed by atoms with Crippen LogP contribution in [0.2, 0.25) is 0 Å². The maximum absolute atomic E-state index is 13.7. The summed E-state index contributed by atoms with van der Waals surface area (Å²) in [6, 6.07) is 10.7. The molecule has 0 atom stereocenters. The van der Waals surface area contributed by atoms with Crippen molar-refractivity contribution < 1.29 is 13.5 Å². The van der Waals surface area contributed by atoms with Crippen molar-refractivity contribution in [2.24, 2.45) is 0 Å². The number of piperazine rings is 1. The molecule has 3 aromatic rings. The summed E-state index contributed by atoms with van der Waals surface area (Å²) in [4.78, 5) is 13.9. The second kappa shape index (κ2) is 8.71.